The van der Waals surface area contributed by atoms with Crippen LogP contribution in [0.25, 0.3) is 0 Å². The number of hydrogen-bond donors (Lipinski definition) is 2. The zero-order valence-corrected chi connectivity index (χ0v) is 12.0. The molecule has 2 rings (SSSR count). The van der Waals surface area contributed by atoms with Crippen molar-refractivity contribution in [2.75, 3.05) is 11.5 Å². The predicted molar refractivity (Wildman–Crippen MR) is 81.2 cm³/mol. The highest BCUT2D eigenvalue weighted by Gasteiger charge is 2.19. The van der Waals surface area contributed by atoms with E-state index >= 15 is 0 Å². The second kappa shape index (κ2) is 7.56. The smallest absolute Gasteiger partial charge is 0.237 e. The third kappa shape index (κ3) is 4.88. The third-order valence-corrected chi connectivity index (χ3v) is 4.65. The molecule has 0 aromatic heterocycles. The molecule has 1 aromatic rings. The maximum Gasteiger partial charge on any atom is 0.237 e. The summed E-state index contributed by atoms with van der Waals surface area (Å²) in [5.74, 6) is 2.24. The average Bonchev–Trinajstić information content (AvgIpc) is 2.47. The second-order valence-electron chi connectivity index (χ2n) is 5.05. The minimum absolute atomic E-state index is 0.00318. The van der Waals surface area contributed by atoms with Gasteiger partial charge in [0.05, 0.1) is 6.04 Å². The van der Waals surface area contributed by atoms with Crippen molar-refractivity contribution in [2.24, 2.45) is 5.73 Å². The molecule has 1 heterocycles. The van der Waals surface area contributed by atoms with Crippen LogP contribution in [0.3, 0.4) is 0 Å². The number of rotatable bonds is 5. The van der Waals surface area contributed by atoms with E-state index in [-0.39, 0.29) is 5.91 Å². The Balaban J connectivity index is 1.72. The van der Waals surface area contributed by atoms with Gasteiger partial charge in [-0.1, -0.05) is 30.3 Å². The Bertz CT molecular complexity index is 390. The summed E-state index contributed by atoms with van der Waals surface area (Å²) in [6, 6.07) is 10.1. The van der Waals surface area contributed by atoms with E-state index in [9.17, 15) is 4.79 Å². The molecule has 1 saturated heterocycles. The van der Waals surface area contributed by atoms with E-state index in [1.54, 1.807) is 0 Å². The molecule has 0 radical (unpaired) electrons. The summed E-state index contributed by atoms with van der Waals surface area (Å²) in [4.78, 5) is 12.0. The van der Waals surface area contributed by atoms with Gasteiger partial charge in [-0.15, -0.1) is 0 Å². The van der Waals surface area contributed by atoms with Crippen LogP contribution in [0.5, 0.6) is 0 Å². The lowest BCUT2D eigenvalue weighted by atomic mass is 10.0. The first-order valence-corrected chi connectivity index (χ1v) is 8.09. The lowest BCUT2D eigenvalue weighted by molar-refractivity contribution is -0.123. The number of nitrogens with one attached hydrogen (secondary N) is 1. The van der Waals surface area contributed by atoms with Crippen LogP contribution in [0.15, 0.2) is 30.3 Å². The molecule has 19 heavy (non-hydrogen) atoms. The first-order valence-electron chi connectivity index (χ1n) is 6.93. The summed E-state index contributed by atoms with van der Waals surface area (Å²) in [6.07, 6.45) is 3.84. The van der Waals surface area contributed by atoms with Gasteiger partial charge in [-0.25, -0.2) is 0 Å². The highest BCUT2D eigenvalue weighted by molar-refractivity contribution is 7.99. The van der Waals surface area contributed by atoms with Crippen molar-refractivity contribution in [1.82, 2.24) is 5.32 Å². The van der Waals surface area contributed by atoms with E-state index in [1.165, 1.54) is 17.7 Å². The summed E-state index contributed by atoms with van der Waals surface area (Å²) < 4.78 is 0. The maximum atomic E-state index is 12.0. The maximum absolute atomic E-state index is 12.0. The Labute approximate surface area is 119 Å². The van der Waals surface area contributed by atoms with Crippen LogP contribution in [0.1, 0.15) is 24.8 Å². The largest absolute Gasteiger partial charge is 0.351 e. The molecule has 3 nitrogen and oxygen atoms in total. The molecule has 3 N–H and O–H groups in total. The van der Waals surface area contributed by atoms with E-state index < -0.39 is 6.04 Å². The summed E-state index contributed by atoms with van der Waals surface area (Å²) in [5, 5.41) is 3.07. The fourth-order valence-corrected chi connectivity index (χ4v) is 3.33. The van der Waals surface area contributed by atoms with E-state index in [1.807, 2.05) is 30.0 Å². The van der Waals surface area contributed by atoms with Gasteiger partial charge in [0.1, 0.15) is 0 Å². The van der Waals surface area contributed by atoms with E-state index in [0.717, 1.165) is 18.6 Å². The van der Waals surface area contributed by atoms with Gasteiger partial charge in [0.2, 0.25) is 5.91 Å². The minimum atomic E-state index is -0.396. The average molecular weight is 278 g/mol. The van der Waals surface area contributed by atoms with Gasteiger partial charge >= 0.3 is 0 Å². The Hall–Kier alpha value is -1.00. The van der Waals surface area contributed by atoms with Crippen molar-refractivity contribution in [3.05, 3.63) is 35.9 Å². The number of thioether (sulfide) groups is 1. The molecule has 1 aliphatic rings. The second-order valence-corrected chi connectivity index (χ2v) is 6.20. The molecule has 104 valence electrons. The van der Waals surface area contributed by atoms with Gasteiger partial charge in [-0.3, -0.25) is 4.79 Å². The summed E-state index contributed by atoms with van der Waals surface area (Å²) >= 11 is 1.91. The normalized spacial score (nSPS) is 20.8. The molecule has 1 amide bonds. The van der Waals surface area contributed by atoms with E-state index in [2.05, 4.69) is 17.4 Å². The van der Waals surface area contributed by atoms with Crippen molar-refractivity contribution < 1.29 is 4.79 Å². The number of carbonyl (C=O) groups is 1. The van der Waals surface area contributed by atoms with Gasteiger partial charge in [0, 0.05) is 11.8 Å². The summed E-state index contributed by atoms with van der Waals surface area (Å²) in [7, 11) is 0. The zero-order chi connectivity index (χ0) is 13.5. The molecule has 1 aliphatic heterocycles. The molecular weight excluding hydrogens is 256 g/mol. The molecule has 0 aliphatic carbocycles. The van der Waals surface area contributed by atoms with Crippen LogP contribution in [0.4, 0.5) is 0 Å². The number of aryl methyl sites for hydroxylation is 1. The quantitative estimate of drug-likeness (QED) is 0.865. The van der Waals surface area contributed by atoms with Crippen LogP contribution in [-0.2, 0) is 11.2 Å². The van der Waals surface area contributed by atoms with E-state index in [4.69, 9.17) is 5.73 Å². The van der Waals surface area contributed by atoms with E-state index in [0.29, 0.717) is 12.5 Å². The van der Waals surface area contributed by atoms with Crippen LogP contribution >= 0.6 is 11.8 Å². The molecule has 1 fully saturated rings. The Kier molecular flexibility index (Phi) is 5.73. The van der Waals surface area contributed by atoms with Gasteiger partial charge in [-0.2, -0.15) is 11.8 Å². The summed E-state index contributed by atoms with van der Waals surface area (Å²) in [5.41, 5.74) is 7.20. The Morgan fingerprint density at radius 1 is 1.42 bits per heavy atom. The first kappa shape index (κ1) is 14.4. The van der Waals surface area contributed by atoms with Crippen molar-refractivity contribution in [3.8, 4) is 0 Å². The van der Waals surface area contributed by atoms with Crippen molar-refractivity contribution in [2.45, 2.75) is 37.8 Å². The van der Waals surface area contributed by atoms with Crippen LogP contribution < -0.4 is 11.1 Å². The molecular formula is C15H22N2OS. The van der Waals surface area contributed by atoms with Gasteiger partial charge in [-0.05, 0) is 37.0 Å². The standard InChI is InChI=1S/C15H22N2OS/c16-14(9-8-12-5-2-1-3-6-12)15(18)17-13-7-4-10-19-11-13/h1-3,5-6,13-14H,4,7-11,16H2,(H,17,18). The molecule has 2 atom stereocenters. The highest BCUT2D eigenvalue weighted by atomic mass is 32.2. The fourth-order valence-electron chi connectivity index (χ4n) is 2.26. The number of hydrogen-bond acceptors (Lipinski definition) is 3. The zero-order valence-electron chi connectivity index (χ0n) is 11.2. The van der Waals surface area contributed by atoms with Gasteiger partial charge in [0.15, 0.2) is 0 Å². The molecule has 0 bridgehead atoms. The number of amides is 1. The third-order valence-electron chi connectivity index (χ3n) is 3.43. The van der Waals surface area contributed by atoms with Crippen LogP contribution in [0, 0.1) is 0 Å². The van der Waals surface area contributed by atoms with Crippen molar-refractivity contribution >= 4 is 17.7 Å². The lowest BCUT2D eigenvalue weighted by Crippen LogP contribution is -2.47. The fraction of sp³-hybridized carbons (Fsp3) is 0.533. The first-order chi connectivity index (χ1) is 9.25. The Morgan fingerprint density at radius 3 is 2.89 bits per heavy atom. The molecule has 4 heteroatoms. The van der Waals surface area contributed by atoms with Gasteiger partial charge < -0.3 is 11.1 Å². The van der Waals surface area contributed by atoms with Crippen molar-refractivity contribution in [1.29, 1.82) is 0 Å². The molecule has 0 spiro atoms. The highest BCUT2D eigenvalue weighted by Crippen LogP contribution is 2.17. The number of nitrogens with two attached hydrogens (primary N) is 1. The van der Waals surface area contributed by atoms with Gasteiger partial charge in [0.25, 0.3) is 0 Å². The monoisotopic (exact) mass is 278 g/mol. The minimum Gasteiger partial charge on any atom is -0.351 e. The van der Waals surface area contributed by atoms with Crippen LogP contribution in [-0.4, -0.2) is 29.5 Å². The molecule has 1 aromatic carbocycles. The molecule has 2 unspecified atom stereocenters. The SMILES string of the molecule is NC(CCc1ccccc1)C(=O)NC1CCCSC1. The molecule has 0 saturated carbocycles. The number of benzene rings is 1. The topological polar surface area (TPSA) is 55.1 Å². The lowest BCUT2D eigenvalue weighted by Gasteiger charge is -2.24. The summed E-state index contributed by atoms with van der Waals surface area (Å²) in [6.45, 7) is 0. The number of carbonyl (C=O) groups excluding carboxylic acids is 1. The Morgan fingerprint density at radius 2 is 2.21 bits per heavy atom. The van der Waals surface area contributed by atoms with Crippen molar-refractivity contribution in [3.63, 3.8) is 0 Å². The van der Waals surface area contributed by atoms with Crippen LogP contribution in [0.2, 0.25) is 0 Å². The predicted octanol–water partition coefficient (Wildman–Crippen LogP) is 1.96.